The Labute approximate surface area is 116 Å². The average Bonchev–Trinajstić information content (AvgIpc) is 3.13. The van der Waals surface area contributed by atoms with Crippen molar-refractivity contribution in [2.75, 3.05) is 26.4 Å². The third-order valence-corrected chi connectivity index (χ3v) is 3.42. The zero-order valence-electron chi connectivity index (χ0n) is 11.2. The number of rotatable bonds is 5. The third-order valence-electron chi connectivity index (χ3n) is 3.42. The molecule has 0 radical (unpaired) electrons. The van der Waals surface area contributed by atoms with E-state index in [2.05, 4.69) is 25.3 Å². The van der Waals surface area contributed by atoms with Crippen molar-refractivity contribution in [1.82, 2.24) is 20.3 Å². The number of ether oxygens (including phenoxy) is 1. The van der Waals surface area contributed by atoms with E-state index in [0.717, 1.165) is 37.3 Å². The van der Waals surface area contributed by atoms with Crippen LogP contribution in [0, 0.1) is 5.92 Å². The maximum absolute atomic E-state index is 6.02. The molecule has 1 fully saturated rings. The van der Waals surface area contributed by atoms with Crippen LogP contribution in [0.2, 0.25) is 0 Å². The Kier molecular flexibility index (Phi) is 3.89. The lowest BCUT2D eigenvalue weighted by molar-refractivity contribution is 0.185. The van der Waals surface area contributed by atoms with E-state index in [1.165, 1.54) is 0 Å². The molecule has 2 aromatic heterocycles. The highest BCUT2D eigenvalue weighted by atomic mass is 16.5. The summed E-state index contributed by atoms with van der Waals surface area (Å²) in [5.74, 6) is 1.07. The van der Waals surface area contributed by atoms with Crippen molar-refractivity contribution in [2.45, 2.75) is 6.42 Å². The van der Waals surface area contributed by atoms with Gasteiger partial charge in [0.05, 0.1) is 25.1 Å². The molecule has 0 aromatic carbocycles. The number of hydrogen-bond donors (Lipinski definition) is 3. The van der Waals surface area contributed by atoms with Crippen LogP contribution in [0.1, 0.15) is 12.0 Å². The fourth-order valence-electron chi connectivity index (χ4n) is 2.30. The van der Waals surface area contributed by atoms with Crippen LogP contribution >= 0.6 is 0 Å². The van der Waals surface area contributed by atoms with Crippen LogP contribution in [0.5, 0.6) is 0 Å². The molecule has 2 aromatic rings. The molecule has 3 heterocycles. The summed E-state index contributed by atoms with van der Waals surface area (Å²) < 4.78 is 5.33. The van der Waals surface area contributed by atoms with Crippen molar-refractivity contribution in [3.63, 3.8) is 0 Å². The van der Waals surface area contributed by atoms with E-state index in [-0.39, 0.29) is 0 Å². The van der Waals surface area contributed by atoms with Crippen LogP contribution < -0.4 is 11.1 Å². The lowest BCUT2D eigenvalue weighted by Gasteiger charge is -2.07. The van der Waals surface area contributed by atoms with Gasteiger partial charge in [-0.3, -0.25) is 10.3 Å². The molecule has 4 N–H and O–H groups in total. The maximum atomic E-state index is 6.02. The van der Waals surface area contributed by atoms with Crippen LogP contribution in [0.4, 0.5) is 0 Å². The number of fused-ring (bicyclic) bond motifs is 1. The number of H-pyrrole nitrogens is 1. The number of imidazole rings is 1. The summed E-state index contributed by atoms with van der Waals surface area (Å²) in [7, 11) is 0. The van der Waals surface area contributed by atoms with Crippen molar-refractivity contribution in [3.8, 4) is 0 Å². The Balaban J connectivity index is 1.61. The van der Waals surface area contributed by atoms with Gasteiger partial charge in [0.2, 0.25) is 0 Å². The zero-order valence-corrected chi connectivity index (χ0v) is 11.2. The Hall–Kier alpha value is -1.99. The molecule has 1 unspecified atom stereocenters. The van der Waals surface area contributed by atoms with Gasteiger partial charge in [0, 0.05) is 24.9 Å². The monoisotopic (exact) mass is 274 g/mol. The van der Waals surface area contributed by atoms with Crippen molar-refractivity contribution in [1.29, 1.82) is 0 Å². The molecule has 7 heteroatoms. The summed E-state index contributed by atoms with van der Waals surface area (Å²) in [5, 5.41) is 3.28. The second-order valence-corrected chi connectivity index (χ2v) is 4.84. The van der Waals surface area contributed by atoms with Crippen LogP contribution in [0.3, 0.4) is 0 Å². The summed E-state index contributed by atoms with van der Waals surface area (Å²) in [6, 6.07) is 1.84. The first-order chi connectivity index (χ1) is 9.84. The molecule has 1 saturated heterocycles. The zero-order chi connectivity index (χ0) is 13.8. The summed E-state index contributed by atoms with van der Waals surface area (Å²) in [6.45, 7) is 3.12. The van der Waals surface area contributed by atoms with Gasteiger partial charge in [-0.15, -0.1) is 0 Å². The minimum absolute atomic E-state index is 0.483. The SMILES string of the molecule is NC(=NCNCC1CCOC1)c1ccnc2nc[nH]c12. The topological polar surface area (TPSA) is 101 Å². The van der Waals surface area contributed by atoms with Gasteiger partial charge >= 0.3 is 0 Å². The highest BCUT2D eigenvalue weighted by Gasteiger charge is 2.14. The Bertz CT molecular complexity index is 602. The lowest BCUT2D eigenvalue weighted by atomic mass is 10.1. The van der Waals surface area contributed by atoms with Gasteiger partial charge in [-0.2, -0.15) is 0 Å². The number of aromatic nitrogens is 3. The number of pyridine rings is 1. The Morgan fingerprint density at radius 3 is 3.35 bits per heavy atom. The van der Waals surface area contributed by atoms with Gasteiger partial charge in [0.15, 0.2) is 5.65 Å². The molecular weight excluding hydrogens is 256 g/mol. The van der Waals surface area contributed by atoms with E-state index in [1.54, 1.807) is 12.5 Å². The first-order valence-corrected chi connectivity index (χ1v) is 6.71. The van der Waals surface area contributed by atoms with Crippen molar-refractivity contribution in [2.24, 2.45) is 16.6 Å². The van der Waals surface area contributed by atoms with Gasteiger partial charge in [0.1, 0.15) is 5.84 Å². The summed E-state index contributed by atoms with van der Waals surface area (Å²) in [5.41, 5.74) is 8.32. The van der Waals surface area contributed by atoms with E-state index >= 15 is 0 Å². The van der Waals surface area contributed by atoms with Crippen LogP contribution in [-0.2, 0) is 4.74 Å². The van der Waals surface area contributed by atoms with E-state index < -0.39 is 0 Å². The maximum Gasteiger partial charge on any atom is 0.178 e. The van der Waals surface area contributed by atoms with Crippen LogP contribution in [-0.4, -0.2) is 47.2 Å². The number of nitrogens with one attached hydrogen (secondary N) is 2. The van der Waals surface area contributed by atoms with Crippen molar-refractivity contribution < 1.29 is 4.74 Å². The molecule has 20 heavy (non-hydrogen) atoms. The van der Waals surface area contributed by atoms with E-state index in [0.29, 0.717) is 24.1 Å². The quantitative estimate of drug-likeness (QED) is 0.412. The van der Waals surface area contributed by atoms with Gasteiger partial charge < -0.3 is 15.5 Å². The van der Waals surface area contributed by atoms with E-state index in [9.17, 15) is 0 Å². The Morgan fingerprint density at radius 1 is 1.55 bits per heavy atom. The largest absolute Gasteiger partial charge is 0.383 e. The number of amidine groups is 1. The van der Waals surface area contributed by atoms with Crippen molar-refractivity contribution >= 4 is 17.0 Å². The van der Waals surface area contributed by atoms with Gasteiger partial charge in [-0.25, -0.2) is 9.97 Å². The van der Waals surface area contributed by atoms with Crippen LogP contribution in [0.25, 0.3) is 11.2 Å². The van der Waals surface area contributed by atoms with Gasteiger partial charge in [0.25, 0.3) is 0 Å². The number of nitrogens with two attached hydrogens (primary N) is 1. The molecule has 7 nitrogen and oxygen atoms in total. The standard InChI is InChI=1S/C13H18N6O/c14-12(18-7-15-5-9-2-4-20-6-9)10-1-3-16-13-11(10)17-8-19-13/h1,3,8-9,15H,2,4-7H2,(H2,14,18)(H,16,17,19). The summed E-state index contributed by atoms with van der Waals surface area (Å²) in [6.07, 6.45) is 4.41. The van der Waals surface area contributed by atoms with E-state index in [4.69, 9.17) is 10.5 Å². The molecule has 106 valence electrons. The van der Waals surface area contributed by atoms with E-state index in [1.807, 2.05) is 6.07 Å². The molecule has 0 spiro atoms. The molecule has 0 amide bonds. The molecule has 1 atom stereocenters. The number of aliphatic imine (C=N–C) groups is 1. The third kappa shape index (κ3) is 2.78. The fourth-order valence-corrected chi connectivity index (χ4v) is 2.30. The number of hydrogen-bond acceptors (Lipinski definition) is 5. The highest BCUT2D eigenvalue weighted by Crippen LogP contribution is 2.12. The molecule has 1 aliphatic heterocycles. The van der Waals surface area contributed by atoms with Crippen LogP contribution in [0.15, 0.2) is 23.6 Å². The average molecular weight is 274 g/mol. The predicted octanol–water partition coefficient (Wildman–Crippen LogP) is 0.247. The molecule has 0 saturated carbocycles. The normalized spacial score (nSPS) is 19.8. The second-order valence-electron chi connectivity index (χ2n) is 4.84. The molecule has 1 aliphatic rings. The molecule has 0 aliphatic carbocycles. The summed E-state index contributed by atoms with van der Waals surface area (Å²) in [4.78, 5) is 15.6. The predicted molar refractivity (Wildman–Crippen MR) is 76.4 cm³/mol. The Morgan fingerprint density at radius 2 is 2.50 bits per heavy atom. The lowest BCUT2D eigenvalue weighted by Crippen LogP contribution is -2.25. The number of aromatic amines is 1. The molecule has 0 bridgehead atoms. The number of nitrogens with zero attached hydrogens (tertiary/aromatic N) is 3. The smallest absolute Gasteiger partial charge is 0.178 e. The molecular formula is C13H18N6O. The van der Waals surface area contributed by atoms with Crippen molar-refractivity contribution in [3.05, 3.63) is 24.2 Å². The second kappa shape index (κ2) is 5.98. The van der Waals surface area contributed by atoms with Gasteiger partial charge in [-0.05, 0) is 18.4 Å². The minimum atomic E-state index is 0.483. The highest BCUT2D eigenvalue weighted by molar-refractivity contribution is 6.06. The first-order valence-electron chi connectivity index (χ1n) is 6.71. The summed E-state index contributed by atoms with van der Waals surface area (Å²) >= 11 is 0. The first kappa shape index (κ1) is 13.0. The van der Waals surface area contributed by atoms with Gasteiger partial charge in [-0.1, -0.05) is 0 Å². The minimum Gasteiger partial charge on any atom is -0.383 e. The molecule has 3 rings (SSSR count). The fraction of sp³-hybridized carbons (Fsp3) is 0.462.